The number of carbonyl (C=O) groups is 3. The molecular weight excluding hydrogens is 642 g/mol. The van der Waals surface area contributed by atoms with Crippen molar-refractivity contribution in [2.75, 3.05) is 41.0 Å². The monoisotopic (exact) mass is 720 g/mol. The van der Waals surface area contributed by atoms with E-state index in [0.717, 1.165) is 70.6 Å². The standard InChI is InChI=1S/C43H77NO7/c1-6-8-10-12-14-16-18-20-21-22-24-26-28-30-32-34-42(46)51-39(37-49-36-35-40(43(47)48)44(3,4)5)38-50-41(45)33-31-29-27-25-23-19-17-15-13-11-9-7-2/h14-18,20,39-40H,6-13,19,21-38H2,1-5H3/b16-14+,17-15+,20-18+. The van der Waals surface area contributed by atoms with E-state index in [2.05, 4.69) is 50.3 Å². The van der Waals surface area contributed by atoms with E-state index < -0.39 is 18.1 Å². The summed E-state index contributed by atoms with van der Waals surface area (Å²) in [4.78, 5) is 36.7. The topological polar surface area (TPSA) is 102 Å². The smallest absolute Gasteiger partial charge is 0.306 e. The van der Waals surface area contributed by atoms with Crippen molar-refractivity contribution in [2.24, 2.45) is 0 Å². The Balaban J connectivity index is 4.42. The Morgan fingerprint density at radius 3 is 1.53 bits per heavy atom. The van der Waals surface area contributed by atoms with Crippen LogP contribution in [0.2, 0.25) is 0 Å². The molecule has 0 spiro atoms. The number of carbonyl (C=O) groups excluding carboxylic acids is 3. The highest BCUT2D eigenvalue weighted by atomic mass is 16.6. The second kappa shape index (κ2) is 34.6. The van der Waals surface area contributed by atoms with Gasteiger partial charge in [0.15, 0.2) is 6.10 Å². The molecule has 0 aromatic heterocycles. The summed E-state index contributed by atoms with van der Waals surface area (Å²) in [6.45, 7) is 4.57. The number of carboxylic acids is 1. The summed E-state index contributed by atoms with van der Waals surface area (Å²) in [6.07, 6.45) is 37.3. The van der Waals surface area contributed by atoms with E-state index in [1.165, 1.54) is 64.2 Å². The van der Waals surface area contributed by atoms with E-state index in [-0.39, 0.29) is 42.7 Å². The number of nitrogens with zero attached hydrogens (tertiary/aromatic N) is 1. The third-order valence-corrected chi connectivity index (χ3v) is 9.03. The molecule has 0 saturated carbocycles. The lowest BCUT2D eigenvalue weighted by Crippen LogP contribution is -2.55. The molecule has 0 N–H and O–H groups in total. The molecular formula is C43H77NO7. The van der Waals surface area contributed by atoms with Crippen LogP contribution >= 0.6 is 0 Å². The number of rotatable bonds is 36. The number of ether oxygens (including phenoxy) is 3. The van der Waals surface area contributed by atoms with Gasteiger partial charge in [0.05, 0.1) is 40.3 Å². The minimum Gasteiger partial charge on any atom is -0.544 e. The zero-order valence-electron chi connectivity index (χ0n) is 33.5. The summed E-state index contributed by atoms with van der Waals surface area (Å²) < 4.78 is 17.1. The van der Waals surface area contributed by atoms with Gasteiger partial charge in [-0.25, -0.2) is 0 Å². The van der Waals surface area contributed by atoms with E-state index in [9.17, 15) is 19.5 Å². The first-order valence-electron chi connectivity index (χ1n) is 20.5. The molecule has 296 valence electrons. The Labute approximate surface area is 313 Å². The average molecular weight is 720 g/mol. The van der Waals surface area contributed by atoms with Crippen LogP contribution in [0, 0.1) is 0 Å². The third kappa shape index (κ3) is 33.2. The Hall–Kier alpha value is -2.45. The summed E-state index contributed by atoms with van der Waals surface area (Å²) in [6, 6.07) is -0.727. The van der Waals surface area contributed by atoms with Crippen molar-refractivity contribution in [1.82, 2.24) is 0 Å². The van der Waals surface area contributed by atoms with E-state index >= 15 is 0 Å². The molecule has 0 aliphatic carbocycles. The number of aliphatic carboxylic acids is 1. The molecule has 8 nitrogen and oxygen atoms in total. The number of carboxylic acid groups (broad SMARTS) is 1. The molecule has 2 unspecified atom stereocenters. The minimum absolute atomic E-state index is 0.0338. The fourth-order valence-corrected chi connectivity index (χ4v) is 5.76. The molecule has 0 aliphatic rings. The quantitative estimate of drug-likeness (QED) is 0.0209. The fourth-order valence-electron chi connectivity index (χ4n) is 5.76. The maximum absolute atomic E-state index is 12.7. The van der Waals surface area contributed by atoms with Crippen molar-refractivity contribution in [3.63, 3.8) is 0 Å². The molecule has 0 saturated heterocycles. The van der Waals surface area contributed by atoms with Crippen LogP contribution in [-0.4, -0.2) is 75.5 Å². The van der Waals surface area contributed by atoms with Gasteiger partial charge in [0, 0.05) is 19.3 Å². The molecule has 2 atom stereocenters. The second-order valence-corrected chi connectivity index (χ2v) is 14.9. The molecule has 0 radical (unpaired) electrons. The number of esters is 2. The van der Waals surface area contributed by atoms with Crippen molar-refractivity contribution in [3.8, 4) is 0 Å². The van der Waals surface area contributed by atoms with E-state index in [1.54, 1.807) is 21.1 Å². The number of quaternary nitrogens is 1. The number of hydrogen-bond acceptors (Lipinski definition) is 7. The summed E-state index contributed by atoms with van der Waals surface area (Å²) in [5.74, 6) is -1.76. The van der Waals surface area contributed by atoms with Gasteiger partial charge in [0.25, 0.3) is 0 Å². The highest BCUT2D eigenvalue weighted by molar-refractivity contribution is 5.70. The molecule has 0 aromatic rings. The van der Waals surface area contributed by atoms with Gasteiger partial charge in [-0.15, -0.1) is 0 Å². The van der Waals surface area contributed by atoms with Gasteiger partial charge in [-0.2, -0.15) is 0 Å². The molecule has 0 heterocycles. The van der Waals surface area contributed by atoms with Crippen LogP contribution in [-0.2, 0) is 28.6 Å². The molecule has 0 amide bonds. The van der Waals surface area contributed by atoms with Crippen LogP contribution in [0.5, 0.6) is 0 Å². The normalized spacial score (nSPS) is 13.4. The van der Waals surface area contributed by atoms with Crippen molar-refractivity contribution in [3.05, 3.63) is 36.5 Å². The Bertz CT molecular complexity index is 937. The predicted molar refractivity (Wildman–Crippen MR) is 208 cm³/mol. The van der Waals surface area contributed by atoms with Crippen molar-refractivity contribution >= 4 is 17.9 Å². The minimum atomic E-state index is -1.13. The summed E-state index contributed by atoms with van der Waals surface area (Å²) in [7, 11) is 5.39. The highest BCUT2D eigenvalue weighted by Crippen LogP contribution is 2.13. The van der Waals surface area contributed by atoms with E-state index in [0.29, 0.717) is 12.8 Å². The van der Waals surface area contributed by atoms with Crippen LogP contribution in [0.25, 0.3) is 0 Å². The van der Waals surface area contributed by atoms with Gasteiger partial charge in [0.1, 0.15) is 12.6 Å². The summed E-state index contributed by atoms with van der Waals surface area (Å²) >= 11 is 0. The van der Waals surface area contributed by atoms with Gasteiger partial charge >= 0.3 is 11.9 Å². The maximum Gasteiger partial charge on any atom is 0.306 e. The van der Waals surface area contributed by atoms with Gasteiger partial charge in [-0.05, 0) is 64.2 Å². The van der Waals surface area contributed by atoms with E-state index in [4.69, 9.17) is 14.2 Å². The van der Waals surface area contributed by atoms with Crippen LogP contribution in [0.15, 0.2) is 36.5 Å². The van der Waals surface area contributed by atoms with Crippen LogP contribution < -0.4 is 5.11 Å². The SMILES string of the molecule is CCCCC/C=C/C=C/CCCCCCCCC(=O)OC(COCCC(C(=O)[O-])[N+](C)(C)C)COC(=O)CCCCCCC/C=C/CCCCC. The van der Waals surface area contributed by atoms with Crippen molar-refractivity contribution in [1.29, 1.82) is 0 Å². The first-order chi connectivity index (χ1) is 24.6. The average Bonchev–Trinajstić information content (AvgIpc) is 3.08. The fraction of sp³-hybridized carbons (Fsp3) is 0.791. The molecule has 0 rings (SSSR count). The second-order valence-electron chi connectivity index (χ2n) is 14.9. The molecule has 0 fully saturated rings. The highest BCUT2D eigenvalue weighted by Gasteiger charge is 2.25. The summed E-state index contributed by atoms with van der Waals surface area (Å²) in [5, 5.41) is 11.6. The van der Waals surface area contributed by atoms with Crippen LogP contribution in [0.1, 0.15) is 168 Å². The lowest BCUT2D eigenvalue weighted by molar-refractivity contribution is -0.889. The maximum atomic E-state index is 12.7. The van der Waals surface area contributed by atoms with Gasteiger partial charge in [0.2, 0.25) is 0 Å². The van der Waals surface area contributed by atoms with E-state index in [1.807, 2.05) is 0 Å². The van der Waals surface area contributed by atoms with Crippen LogP contribution in [0.3, 0.4) is 0 Å². The first kappa shape index (κ1) is 48.5. The first-order valence-corrected chi connectivity index (χ1v) is 20.5. The lowest BCUT2D eigenvalue weighted by atomic mass is 10.1. The van der Waals surface area contributed by atoms with Gasteiger partial charge in [-0.1, -0.05) is 121 Å². The third-order valence-electron chi connectivity index (χ3n) is 9.03. The molecule has 0 bridgehead atoms. The van der Waals surface area contributed by atoms with Crippen molar-refractivity contribution in [2.45, 2.75) is 180 Å². The molecule has 51 heavy (non-hydrogen) atoms. The number of unbranched alkanes of at least 4 members (excludes halogenated alkanes) is 17. The zero-order chi connectivity index (χ0) is 37.8. The number of likely N-dealkylation sites (N-methyl/N-ethyl adjacent to an activating group) is 1. The molecule has 0 aromatic carbocycles. The lowest BCUT2D eigenvalue weighted by Gasteiger charge is -2.34. The Kier molecular flexibility index (Phi) is 33.0. The van der Waals surface area contributed by atoms with Crippen LogP contribution in [0.4, 0.5) is 0 Å². The Morgan fingerprint density at radius 2 is 1.04 bits per heavy atom. The van der Waals surface area contributed by atoms with Gasteiger partial charge < -0.3 is 28.6 Å². The molecule has 8 heteroatoms. The van der Waals surface area contributed by atoms with Crippen molar-refractivity contribution < 1.29 is 38.2 Å². The predicted octanol–water partition coefficient (Wildman–Crippen LogP) is 9.35. The number of allylic oxidation sites excluding steroid dienone is 6. The Morgan fingerprint density at radius 1 is 0.588 bits per heavy atom. The largest absolute Gasteiger partial charge is 0.544 e. The number of hydrogen-bond donors (Lipinski definition) is 0. The van der Waals surface area contributed by atoms with Gasteiger partial charge in [-0.3, -0.25) is 9.59 Å². The molecule has 0 aliphatic heterocycles. The summed E-state index contributed by atoms with van der Waals surface area (Å²) in [5.41, 5.74) is 0. The zero-order valence-corrected chi connectivity index (χ0v) is 33.5.